The number of rotatable bonds is 6. The average molecular weight is 610 g/mol. The number of nitrogens with zero attached hydrogens (tertiary/aromatic N) is 3. The van der Waals surface area contributed by atoms with E-state index >= 15 is 0 Å². The molecule has 1 aromatic carbocycles. The van der Waals surface area contributed by atoms with Crippen LogP contribution < -0.4 is 15.5 Å². The maximum Gasteiger partial charge on any atom is 0.265 e. The largest absolute Gasteiger partial charge is 0.362 e. The number of nitrogens with one attached hydrogen (secondary N) is 2. The minimum absolute atomic E-state index is 0.232. The molecular weight excluding hydrogens is 585 g/mol. The highest BCUT2D eigenvalue weighted by Gasteiger charge is 2.19. The molecule has 0 unspecified atom stereocenters. The second-order valence-electron chi connectivity index (χ2n) is 8.07. The number of carbonyl (C=O) groups is 2. The Hall–Kier alpha value is -2.21. The minimum atomic E-state index is -0.350. The summed E-state index contributed by atoms with van der Waals surface area (Å²) in [6.07, 6.45) is 2.57. The van der Waals surface area contributed by atoms with Crippen molar-refractivity contribution in [1.82, 2.24) is 9.88 Å². The molecule has 4 rings (SSSR count). The van der Waals surface area contributed by atoms with Gasteiger partial charge in [0.05, 0.1) is 26.2 Å². The van der Waals surface area contributed by atoms with Gasteiger partial charge in [-0.15, -0.1) is 11.3 Å². The standard InChI is InChI=1S/C24H25ClIN5O2S/c1-30-9-2-10-31(12-11-30)22-8-6-20(34-22)24(33)28-19-5-3-16(14-26)13-18(19)23(32)29-21-7-4-17(25)15-27-21/h3-8,13,15H,2,9-12,14H2,1H3,(H,28,33)(H,27,29,32). The van der Waals surface area contributed by atoms with Crippen LogP contribution in [-0.2, 0) is 4.43 Å². The number of pyridine rings is 1. The fourth-order valence-corrected chi connectivity index (χ4v) is 5.21. The van der Waals surface area contributed by atoms with Gasteiger partial charge in [0.25, 0.3) is 11.8 Å². The average Bonchev–Trinajstić information content (AvgIpc) is 3.23. The number of amides is 2. The third-order valence-electron chi connectivity index (χ3n) is 5.55. The molecule has 0 aliphatic carbocycles. The van der Waals surface area contributed by atoms with E-state index in [0.717, 1.165) is 47.6 Å². The van der Waals surface area contributed by atoms with Crippen molar-refractivity contribution in [3.8, 4) is 0 Å². The molecule has 1 saturated heterocycles. The number of benzene rings is 1. The van der Waals surface area contributed by atoms with Crippen molar-refractivity contribution in [2.24, 2.45) is 0 Å². The van der Waals surface area contributed by atoms with Gasteiger partial charge in [0.2, 0.25) is 0 Å². The molecule has 34 heavy (non-hydrogen) atoms. The zero-order chi connectivity index (χ0) is 24.1. The summed E-state index contributed by atoms with van der Waals surface area (Å²) < 4.78 is 0.741. The lowest BCUT2D eigenvalue weighted by Gasteiger charge is -2.20. The van der Waals surface area contributed by atoms with Gasteiger partial charge in [-0.05, 0) is 62.0 Å². The lowest BCUT2D eigenvalue weighted by Crippen LogP contribution is -2.28. The predicted octanol–water partition coefficient (Wildman–Crippen LogP) is 5.38. The Labute approximate surface area is 221 Å². The van der Waals surface area contributed by atoms with Crippen LogP contribution >= 0.6 is 45.5 Å². The zero-order valence-electron chi connectivity index (χ0n) is 18.7. The number of thiophene rings is 1. The first-order valence-electron chi connectivity index (χ1n) is 10.9. The van der Waals surface area contributed by atoms with Gasteiger partial charge in [-0.3, -0.25) is 9.59 Å². The lowest BCUT2D eigenvalue weighted by molar-refractivity contribution is 0.102. The number of carbonyl (C=O) groups excluding carboxylic acids is 2. The topological polar surface area (TPSA) is 77.6 Å². The number of alkyl halides is 1. The molecule has 178 valence electrons. The van der Waals surface area contributed by atoms with Crippen LogP contribution in [0.3, 0.4) is 0 Å². The number of hydrogen-bond acceptors (Lipinski definition) is 6. The molecule has 0 radical (unpaired) electrons. The van der Waals surface area contributed by atoms with Crippen molar-refractivity contribution < 1.29 is 9.59 Å². The van der Waals surface area contributed by atoms with Crippen LogP contribution in [0, 0.1) is 0 Å². The van der Waals surface area contributed by atoms with Gasteiger partial charge in [0.15, 0.2) is 0 Å². The third-order valence-corrected chi connectivity index (χ3v) is 7.80. The Balaban J connectivity index is 1.51. The summed E-state index contributed by atoms with van der Waals surface area (Å²) in [7, 11) is 2.14. The van der Waals surface area contributed by atoms with Crippen LogP contribution in [0.4, 0.5) is 16.5 Å². The Morgan fingerprint density at radius 1 is 1.06 bits per heavy atom. The number of halogens is 2. The molecule has 1 fully saturated rings. The Bertz CT molecular complexity index is 1170. The summed E-state index contributed by atoms with van der Waals surface area (Å²) in [6, 6.07) is 12.6. The predicted molar refractivity (Wildman–Crippen MR) is 148 cm³/mol. The van der Waals surface area contributed by atoms with E-state index < -0.39 is 0 Å². The Kier molecular flexibility index (Phi) is 8.41. The molecule has 10 heteroatoms. The first-order chi connectivity index (χ1) is 16.4. The Morgan fingerprint density at radius 2 is 1.91 bits per heavy atom. The molecule has 2 amide bonds. The highest BCUT2D eigenvalue weighted by molar-refractivity contribution is 14.1. The number of likely N-dealkylation sites (N-methyl/N-ethyl adjacent to an activating group) is 1. The number of hydrogen-bond donors (Lipinski definition) is 2. The molecule has 0 spiro atoms. The van der Waals surface area contributed by atoms with E-state index in [1.165, 1.54) is 17.5 Å². The van der Waals surface area contributed by atoms with Crippen LogP contribution in [0.5, 0.6) is 0 Å². The summed E-state index contributed by atoms with van der Waals surface area (Å²) in [5, 5.41) is 7.28. The molecule has 0 saturated carbocycles. The third kappa shape index (κ3) is 6.26. The van der Waals surface area contributed by atoms with Crippen LogP contribution in [0.2, 0.25) is 5.02 Å². The first-order valence-corrected chi connectivity index (χ1v) is 13.6. The van der Waals surface area contributed by atoms with Crippen molar-refractivity contribution in [2.75, 3.05) is 48.8 Å². The van der Waals surface area contributed by atoms with E-state index in [9.17, 15) is 9.59 Å². The van der Waals surface area contributed by atoms with E-state index in [1.807, 2.05) is 18.2 Å². The molecule has 1 aliphatic rings. The van der Waals surface area contributed by atoms with Crippen LogP contribution in [0.15, 0.2) is 48.7 Å². The quantitative estimate of drug-likeness (QED) is 0.290. The normalized spacial score (nSPS) is 14.5. The molecule has 1 aliphatic heterocycles. The van der Waals surface area contributed by atoms with Gasteiger partial charge in [-0.2, -0.15) is 0 Å². The summed E-state index contributed by atoms with van der Waals surface area (Å²) in [6.45, 7) is 4.01. The SMILES string of the molecule is CN1CCCN(c2ccc(C(=O)Nc3ccc(CI)cc3C(=O)Nc3ccc(Cl)cn3)s2)CC1. The second-order valence-corrected chi connectivity index (χ2v) is 10.3. The summed E-state index contributed by atoms with van der Waals surface area (Å²) in [5.41, 5.74) is 1.82. The molecule has 3 heterocycles. The van der Waals surface area contributed by atoms with E-state index in [1.54, 1.807) is 24.3 Å². The summed E-state index contributed by atoms with van der Waals surface area (Å²) >= 11 is 9.60. The molecule has 2 aromatic heterocycles. The smallest absolute Gasteiger partial charge is 0.265 e. The van der Waals surface area contributed by atoms with Crippen molar-refractivity contribution in [2.45, 2.75) is 10.8 Å². The molecule has 7 nitrogen and oxygen atoms in total. The summed E-state index contributed by atoms with van der Waals surface area (Å²) in [5.74, 6) is -0.195. The first kappa shape index (κ1) is 24.9. The highest BCUT2D eigenvalue weighted by atomic mass is 127. The second kappa shape index (κ2) is 11.5. The maximum atomic E-state index is 13.1. The van der Waals surface area contributed by atoms with E-state index in [-0.39, 0.29) is 11.8 Å². The van der Waals surface area contributed by atoms with Gasteiger partial charge in [-0.1, -0.05) is 40.3 Å². The monoisotopic (exact) mass is 609 g/mol. The van der Waals surface area contributed by atoms with Crippen molar-refractivity contribution in [3.63, 3.8) is 0 Å². The highest BCUT2D eigenvalue weighted by Crippen LogP contribution is 2.29. The van der Waals surface area contributed by atoms with Crippen molar-refractivity contribution in [1.29, 1.82) is 0 Å². The van der Waals surface area contributed by atoms with Crippen LogP contribution in [0.25, 0.3) is 0 Å². The van der Waals surface area contributed by atoms with Gasteiger partial charge < -0.3 is 20.4 Å². The van der Waals surface area contributed by atoms with E-state index in [4.69, 9.17) is 11.6 Å². The van der Waals surface area contributed by atoms with Crippen molar-refractivity contribution >= 4 is 73.8 Å². The Morgan fingerprint density at radius 3 is 2.68 bits per heavy atom. The molecule has 0 atom stereocenters. The molecular formula is C24H25ClIN5O2S. The fraction of sp³-hybridized carbons (Fsp3) is 0.292. The van der Waals surface area contributed by atoms with Gasteiger partial charge in [0, 0.05) is 30.3 Å². The molecule has 2 N–H and O–H groups in total. The lowest BCUT2D eigenvalue weighted by atomic mass is 10.1. The fourth-order valence-electron chi connectivity index (χ4n) is 3.68. The number of aromatic nitrogens is 1. The molecule has 3 aromatic rings. The zero-order valence-corrected chi connectivity index (χ0v) is 22.4. The maximum absolute atomic E-state index is 13.1. The van der Waals surface area contributed by atoms with E-state index in [0.29, 0.717) is 27.0 Å². The molecule has 0 bridgehead atoms. The van der Waals surface area contributed by atoms with Gasteiger partial charge in [-0.25, -0.2) is 4.98 Å². The minimum Gasteiger partial charge on any atom is -0.362 e. The van der Waals surface area contributed by atoms with Crippen LogP contribution in [-0.4, -0.2) is 54.9 Å². The van der Waals surface area contributed by atoms with Gasteiger partial charge in [0.1, 0.15) is 5.82 Å². The van der Waals surface area contributed by atoms with Crippen LogP contribution in [0.1, 0.15) is 32.0 Å². The van der Waals surface area contributed by atoms with E-state index in [2.05, 4.69) is 55.1 Å². The summed E-state index contributed by atoms with van der Waals surface area (Å²) in [4.78, 5) is 35.5. The van der Waals surface area contributed by atoms with Gasteiger partial charge >= 0.3 is 0 Å². The number of anilines is 3. The van der Waals surface area contributed by atoms with Crippen molar-refractivity contribution in [3.05, 3.63) is 69.7 Å².